The van der Waals surface area contributed by atoms with E-state index in [4.69, 9.17) is 0 Å². The summed E-state index contributed by atoms with van der Waals surface area (Å²) in [6, 6.07) is 0. The first-order chi connectivity index (χ1) is 5.03. The minimum Gasteiger partial charge on any atom is -0.469 e. The van der Waals surface area contributed by atoms with Crippen LogP contribution in [0.1, 0.15) is 33.1 Å². The van der Waals surface area contributed by atoms with Gasteiger partial charge < -0.3 is 4.74 Å². The third-order valence-corrected chi connectivity index (χ3v) is 2.37. The molecule has 0 aromatic rings. The molecular weight excluding hydrogens is 140 g/mol. The fraction of sp³-hybridized carbons (Fsp3) is 0.889. The van der Waals surface area contributed by atoms with Crippen LogP contribution in [0.5, 0.6) is 0 Å². The quantitative estimate of drug-likeness (QED) is 0.571. The van der Waals surface area contributed by atoms with Gasteiger partial charge in [0, 0.05) is 6.42 Å². The van der Waals surface area contributed by atoms with Crippen molar-refractivity contribution in [3.8, 4) is 0 Å². The highest BCUT2D eigenvalue weighted by atomic mass is 16.5. The van der Waals surface area contributed by atoms with Gasteiger partial charge in [-0.15, -0.1) is 0 Å². The fourth-order valence-corrected chi connectivity index (χ4v) is 1.97. The van der Waals surface area contributed by atoms with Crippen molar-refractivity contribution < 1.29 is 9.53 Å². The summed E-state index contributed by atoms with van der Waals surface area (Å²) >= 11 is 0. The molecule has 0 amide bonds. The molecule has 2 nitrogen and oxygen atoms in total. The van der Waals surface area contributed by atoms with Crippen molar-refractivity contribution in [2.45, 2.75) is 33.1 Å². The molecule has 2 heteroatoms. The van der Waals surface area contributed by atoms with E-state index in [0.717, 1.165) is 0 Å². The zero-order valence-electron chi connectivity index (χ0n) is 7.52. The standard InChI is InChI=1S/C9H16O2/c1-9(2)5-7(6-9)4-8(10)11-3/h7H,4-6H2,1-3H3. The van der Waals surface area contributed by atoms with Crippen molar-refractivity contribution in [2.75, 3.05) is 7.11 Å². The van der Waals surface area contributed by atoms with Crippen molar-refractivity contribution in [3.05, 3.63) is 0 Å². The fourth-order valence-electron chi connectivity index (χ4n) is 1.97. The molecule has 0 unspecified atom stereocenters. The maximum Gasteiger partial charge on any atom is 0.305 e. The van der Waals surface area contributed by atoms with Crippen LogP contribution in [0.3, 0.4) is 0 Å². The lowest BCUT2D eigenvalue weighted by Gasteiger charge is -2.42. The van der Waals surface area contributed by atoms with Crippen LogP contribution >= 0.6 is 0 Å². The van der Waals surface area contributed by atoms with Crippen molar-refractivity contribution in [1.29, 1.82) is 0 Å². The van der Waals surface area contributed by atoms with Crippen LogP contribution in [0.25, 0.3) is 0 Å². The second-order valence-electron chi connectivity index (χ2n) is 4.22. The Hall–Kier alpha value is -0.530. The molecule has 0 N–H and O–H groups in total. The average molecular weight is 156 g/mol. The lowest BCUT2D eigenvalue weighted by atomic mass is 9.63. The molecule has 1 saturated carbocycles. The van der Waals surface area contributed by atoms with Crippen LogP contribution < -0.4 is 0 Å². The predicted molar refractivity (Wildman–Crippen MR) is 43.1 cm³/mol. The number of hydrogen-bond acceptors (Lipinski definition) is 2. The third kappa shape index (κ3) is 2.21. The van der Waals surface area contributed by atoms with Gasteiger partial charge in [0.25, 0.3) is 0 Å². The van der Waals surface area contributed by atoms with E-state index in [-0.39, 0.29) is 5.97 Å². The number of carbonyl (C=O) groups is 1. The largest absolute Gasteiger partial charge is 0.469 e. The highest BCUT2D eigenvalue weighted by Crippen LogP contribution is 2.46. The van der Waals surface area contributed by atoms with E-state index < -0.39 is 0 Å². The zero-order chi connectivity index (χ0) is 8.48. The summed E-state index contributed by atoms with van der Waals surface area (Å²) in [5.74, 6) is 0.517. The van der Waals surface area contributed by atoms with Gasteiger partial charge in [-0.05, 0) is 24.2 Å². The van der Waals surface area contributed by atoms with Crippen molar-refractivity contribution in [2.24, 2.45) is 11.3 Å². The summed E-state index contributed by atoms with van der Waals surface area (Å²) < 4.78 is 4.59. The topological polar surface area (TPSA) is 26.3 Å². The molecule has 0 aliphatic heterocycles. The van der Waals surface area contributed by atoms with E-state index in [1.54, 1.807) is 0 Å². The molecule has 64 valence electrons. The Morgan fingerprint density at radius 2 is 2.09 bits per heavy atom. The number of rotatable bonds is 2. The van der Waals surface area contributed by atoms with Gasteiger partial charge in [0.2, 0.25) is 0 Å². The van der Waals surface area contributed by atoms with E-state index in [1.807, 2.05) is 0 Å². The first-order valence-electron chi connectivity index (χ1n) is 4.10. The molecule has 1 aliphatic carbocycles. The van der Waals surface area contributed by atoms with E-state index in [0.29, 0.717) is 17.8 Å². The smallest absolute Gasteiger partial charge is 0.305 e. The minimum absolute atomic E-state index is 0.0644. The lowest BCUT2D eigenvalue weighted by molar-refractivity contribution is -0.143. The van der Waals surface area contributed by atoms with Crippen LogP contribution in [0.15, 0.2) is 0 Å². The van der Waals surface area contributed by atoms with Crippen molar-refractivity contribution in [1.82, 2.24) is 0 Å². The number of hydrogen-bond donors (Lipinski definition) is 0. The normalized spacial score (nSPS) is 22.5. The Bertz CT molecular complexity index is 153. The van der Waals surface area contributed by atoms with Crippen LogP contribution in [-0.4, -0.2) is 13.1 Å². The maximum atomic E-state index is 10.8. The molecular formula is C9H16O2. The van der Waals surface area contributed by atoms with Crippen LogP contribution in [-0.2, 0) is 9.53 Å². The number of esters is 1. The predicted octanol–water partition coefficient (Wildman–Crippen LogP) is 1.99. The SMILES string of the molecule is COC(=O)CC1CC(C)(C)C1. The summed E-state index contributed by atoms with van der Waals surface area (Å²) in [7, 11) is 1.45. The average Bonchev–Trinajstić information content (AvgIpc) is 1.83. The monoisotopic (exact) mass is 156 g/mol. The molecule has 1 aliphatic rings. The Kier molecular flexibility index (Phi) is 2.21. The molecule has 0 heterocycles. The van der Waals surface area contributed by atoms with Gasteiger partial charge in [-0.3, -0.25) is 4.79 Å². The molecule has 0 saturated heterocycles. The van der Waals surface area contributed by atoms with Crippen molar-refractivity contribution in [3.63, 3.8) is 0 Å². The number of carbonyl (C=O) groups excluding carboxylic acids is 1. The molecule has 1 fully saturated rings. The molecule has 1 rings (SSSR count). The molecule has 0 aromatic heterocycles. The van der Waals surface area contributed by atoms with Crippen LogP contribution in [0.2, 0.25) is 0 Å². The van der Waals surface area contributed by atoms with Gasteiger partial charge in [0.05, 0.1) is 7.11 Å². The first kappa shape index (κ1) is 8.57. The third-order valence-electron chi connectivity index (χ3n) is 2.37. The van der Waals surface area contributed by atoms with Gasteiger partial charge in [-0.25, -0.2) is 0 Å². The van der Waals surface area contributed by atoms with Gasteiger partial charge in [0.1, 0.15) is 0 Å². The van der Waals surface area contributed by atoms with Crippen LogP contribution in [0, 0.1) is 11.3 Å². The molecule has 0 spiro atoms. The summed E-state index contributed by atoms with van der Waals surface area (Å²) in [4.78, 5) is 10.8. The molecule has 11 heavy (non-hydrogen) atoms. The Balaban J connectivity index is 2.19. The Morgan fingerprint density at radius 3 is 2.45 bits per heavy atom. The zero-order valence-corrected chi connectivity index (χ0v) is 7.52. The second-order valence-corrected chi connectivity index (χ2v) is 4.22. The first-order valence-corrected chi connectivity index (χ1v) is 4.10. The van der Waals surface area contributed by atoms with Gasteiger partial charge in [-0.1, -0.05) is 13.8 Å². The molecule has 0 atom stereocenters. The van der Waals surface area contributed by atoms with E-state index >= 15 is 0 Å². The van der Waals surface area contributed by atoms with Crippen molar-refractivity contribution >= 4 is 5.97 Å². The van der Waals surface area contributed by atoms with Gasteiger partial charge >= 0.3 is 5.97 Å². The highest BCUT2D eigenvalue weighted by Gasteiger charge is 2.36. The highest BCUT2D eigenvalue weighted by molar-refractivity contribution is 5.69. The van der Waals surface area contributed by atoms with E-state index in [9.17, 15) is 4.79 Å². The van der Waals surface area contributed by atoms with Gasteiger partial charge in [-0.2, -0.15) is 0 Å². The second kappa shape index (κ2) is 2.84. The van der Waals surface area contributed by atoms with E-state index in [1.165, 1.54) is 20.0 Å². The lowest BCUT2D eigenvalue weighted by Crippen LogP contribution is -2.33. The van der Waals surface area contributed by atoms with Crippen LogP contribution in [0.4, 0.5) is 0 Å². The summed E-state index contributed by atoms with van der Waals surface area (Å²) in [5.41, 5.74) is 0.471. The summed E-state index contributed by atoms with van der Waals surface area (Å²) in [5, 5.41) is 0. The summed E-state index contributed by atoms with van der Waals surface area (Å²) in [6.45, 7) is 4.47. The summed E-state index contributed by atoms with van der Waals surface area (Å²) in [6.07, 6.45) is 2.95. The molecule has 0 radical (unpaired) electrons. The molecule has 0 aromatic carbocycles. The minimum atomic E-state index is -0.0644. The number of methoxy groups -OCH3 is 1. The Labute approximate surface area is 67.9 Å². The maximum absolute atomic E-state index is 10.8. The number of ether oxygens (including phenoxy) is 1. The van der Waals surface area contributed by atoms with Gasteiger partial charge in [0.15, 0.2) is 0 Å². The molecule has 0 bridgehead atoms. The Morgan fingerprint density at radius 1 is 1.55 bits per heavy atom. The van der Waals surface area contributed by atoms with E-state index in [2.05, 4.69) is 18.6 Å².